The van der Waals surface area contributed by atoms with Crippen LogP contribution in [0.15, 0.2) is 36.5 Å². The monoisotopic (exact) mass is 394 g/mol. The van der Waals surface area contributed by atoms with Gasteiger partial charge >= 0.3 is 0 Å². The molecule has 2 amide bonds. The van der Waals surface area contributed by atoms with Crippen molar-refractivity contribution in [1.82, 2.24) is 15.1 Å². The molecule has 0 radical (unpaired) electrons. The van der Waals surface area contributed by atoms with Crippen LogP contribution in [-0.4, -0.2) is 52.6 Å². The van der Waals surface area contributed by atoms with Gasteiger partial charge in [-0.2, -0.15) is 5.10 Å². The Labute approximate surface area is 170 Å². The number of amides is 2. The molecule has 0 unspecified atom stereocenters. The molecule has 7 nitrogen and oxygen atoms in total. The van der Waals surface area contributed by atoms with E-state index in [2.05, 4.69) is 17.1 Å². The fraction of sp³-hybridized carbons (Fsp3) is 0.455. The fourth-order valence-electron chi connectivity index (χ4n) is 3.99. The van der Waals surface area contributed by atoms with E-state index in [0.717, 1.165) is 24.1 Å². The third-order valence-electron chi connectivity index (χ3n) is 5.87. The molecule has 2 saturated heterocycles. The van der Waals surface area contributed by atoms with Crippen LogP contribution in [0.3, 0.4) is 0 Å². The van der Waals surface area contributed by atoms with Crippen molar-refractivity contribution in [2.24, 2.45) is 5.92 Å². The largest absolute Gasteiger partial charge is 0.473 e. The average molecular weight is 394 g/mol. The Hall–Kier alpha value is -2.96. The van der Waals surface area contributed by atoms with Crippen molar-refractivity contribution in [2.75, 3.05) is 24.5 Å². The van der Waals surface area contributed by atoms with Gasteiger partial charge in [0.25, 0.3) is 0 Å². The summed E-state index contributed by atoms with van der Waals surface area (Å²) in [6, 6.07) is 9.59. The van der Waals surface area contributed by atoms with Crippen molar-refractivity contribution in [3.63, 3.8) is 0 Å². The number of hydrogen-bond donors (Lipinski definition) is 0. The van der Waals surface area contributed by atoms with E-state index >= 15 is 0 Å². The lowest BCUT2D eigenvalue weighted by molar-refractivity contribution is -0.137. The topological polar surface area (TPSA) is 75.6 Å². The highest BCUT2D eigenvalue weighted by atomic mass is 16.5. The Kier molecular flexibility index (Phi) is 5.47. The van der Waals surface area contributed by atoms with Gasteiger partial charge in [0.05, 0.1) is 5.92 Å². The van der Waals surface area contributed by atoms with E-state index in [1.807, 2.05) is 30.0 Å². The quantitative estimate of drug-likeness (QED) is 0.797. The van der Waals surface area contributed by atoms with Gasteiger partial charge in [-0.05, 0) is 43.2 Å². The van der Waals surface area contributed by atoms with Crippen LogP contribution in [0.1, 0.15) is 30.4 Å². The highest BCUT2D eigenvalue weighted by Gasteiger charge is 2.38. The third-order valence-corrected chi connectivity index (χ3v) is 5.87. The number of carbonyl (C=O) groups is 2. The molecule has 0 N–H and O–H groups in total. The maximum atomic E-state index is 13.0. The van der Waals surface area contributed by atoms with Crippen LogP contribution in [0.2, 0.25) is 0 Å². The number of likely N-dealkylation sites (tertiary alicyclic amines) is 1. The molecule has 2 aliphatic rings. The first-order chi connectivity index (χ1) is 14.0. The zero-order chi connectivity index (χ0) is 20.4. The summed E-state index contributed by atoms with van der Waals surface area (Å²) < 4.78 is 5.85. The lowest BCUT2D eigenvalue weighted by Crippen LogP contribution is -2.45. The van der Waals surface area contributed by atoms with E-state index in [0.29, 0.717) is 25.5 Å². The Morgan fingerprint density at radius 2 is 1.93 bits per heavy atom. The molecule has 152 valence electrons. The molecular formula is C22H26N4O3. The predicted molar refractivity (Wildman–Crippen MR) is 109 cm³/mol. The molecule has 0 spiro atoms. The summed E-state index contributed by atoms with van der Waals surface area (Å²) in [4.78, 5) is 29.2. The molecular weight excluding hydrogens is 368 g/mol. The van der Waals surface area contributed by atoms with Crippen molar-refractivity contribution >= 4 is 17.5 Å². The van der Waals surface area contributed by atoms with Crippen molar-refractivity contribution in [3.8, 4) is 5.88 Å². The molecule has 7 heteroatoms. The van der Waals surface area contributed by atoms with E-state index in [4.69, 9.17) is 4.74 Å². The number of hydrogen-bond acceptors (Lipinski definition) is 5. The lowest BCUT2D eigenvalue weighted by Gasteiger charge is -2.33. The maximum Gasteiger partial charge on any atom is 0.233 e. The molecule has 29 heavy (non-hydrogen) atoms. The van der Waals surface area contributed by atoms with Crippen molar-refractivity contribution < 1.29 is 14.3 Å². The normalized spacial score (nSPS) is 20.2. The molecule has 4 rings (SSSR count). The summed E-state index contributed by atoms with van der Waals surface area (Å²) in [6.07, 6.45) is 3.43. The van der Waals surface area contributed by atoms with Gasteiger partial charge in [0.2, 0.25) is 17.7 Å². The summed E-state index contributed by atoms with van der Waals surface area (Å²) in [6.45, 7) is 5.82. The highest BCUT2D eigenvalue weighted by Crippen LogP contribution is 2.29. The minimum absolute atomic E-state index is 0.0208. The molecule has 0 saturated carbocycles. The number of nitrogens with zero attached hydrogens (tertiary/aromatic N) is 4. The third kappa shape index (κ3) is 4.23. The van der Waals surface area contributed by atoms with Crippen LogP contribution in [0.5, 0.6) is 5.88 Å². The number of anilines is 1. The van der Waals surface area contributed by atoms with Gasteiger partial charge in [0, 0.05) is 56.8 Å². The molecule has 1 aromatic carbocycles. The Morgan fingerprint density at radius 3 is 2.62 bits per heavy atom. The van der Waals surface area contributed by atoms with Crippen molar-refractivity contribution in [3.05, 3.63) is 47.7 Å². The first-order valence-corrected chi connectivity index (χ1v) is 10.1. The zero-order valence-electron chi connectivity index (χ0n) is 16.9. The molecule has 0 bridgehead atoms. The zero-order valence-corrected chi connectivity index (χ0v) is 16.9. The summed E-state index contributed by atoms with van der Waals surface area (Å²) in [7, 11) is 0. The molecule has 2 fully saturated rings. The SMILES string of the molecule is Cc1ccc(N2C[C@@H](C(=O)N3CCC(Oc4cccnn4)CC3)CC2=O)cc1C. The van der Waals surface area contributed by atoms with Gasteiger partial charge in [-0.25, -0.2) is 0 Å². The Bertz CT molecular complexity index is 894. The molecule has 3 heterocycles. The second-order valence-electron chi connectivity index (χ2n) is 7.88. The van der Waals surface area contributed by atoms with Crippen LogP contribution < -0.4 is 9.64 Å². The van der Waals surface area contributed by atoms with E-state index in [-0.39, 0.29) is 30.3 Å². The number of piperidine rings is 1. The molecule has 1 aromatic heterocycles. The van der Waals surface area contributed by atoms with Crippen LogP contribution >= 0.6 is 0 Å². The second kappa shape index (κ2) is 8.19. The highest BCUT2D eigenvalue weighted by molar-refractivity contribution is 6.00. The molecule has 1 atom stereocenters. The van der Waals surface area contributed by atoms with Crippen LogP contribution in [-0.2, 0) is 9.59 Å². The Balaban J connectivity index is 1.33. The van der Waals surface area contributed by atoms with Gasteiger partial charge in [0.15, 0.2) is 0 Å². The van der Waals surface area contributed by atoms with Crippen molar-refractivity contribution in [1.29, 1.82) is 0 Å². The number of carbonyl (C=O) groups excluding carboxylic acids is 2. The number of aryl methyl sites for hydroxylation is 2. The molecule has 2 aliphatic heterocycles. The van der Waals surface area contributed by atoms with Crippen LogP contribution in [0, 0.1) is 19.8 Å². The maximum absolute atomic E-state index is 13.0. The smallest absolute Gasteiger partial charge is 0.233 e. The number of rotatable bonds is 4. The summed E-state index contributed by atoms with van der Waals surface area (Å²) in [5.41, 5.74) is 3.22. The Morgan fingerprint density at radius 1 is 1.14 bits per heavy atom. The summed E-state index contributed by atoms with van der Waals surface area (Å²) >= 11 is 0. The standard InChI is InChI=1S/C22H26N4O3/c1-15-5-6-18(12-16(15)2)26-14-17(13-21(26)27)22(28)25-10-7-19(8-11-25)29-20-4-3-9-23-24-20/h3-6,9,12,17,19H,7-8,10-11,13-14H2,1-2H3/t17-/m0/s1. The summed E-state index contributed by atoms with van der Waals surface area (Å²) in [5.74, 6) is 0.333. The van der Waals surface area contributed by atoms with Gasteiger partial charge in [-0.3, -0.25) is 9.59 Å². The fourth-order valence-corrected chi connectivity index (χ4v) is 3.99. The summed E-state index contributed by atoms with van der Waals surface area (Å²) in [5, 5.41) is 7.77. The first kappa shape index (κ1) is 19.4. The number of ether oxygens (including phenoxy) is 1. The van der Waals surface area contributed by atoms with Gasteiger partial charge < -0.3 is 14.5 Å². The minimum Gasteiger partial charge on any atom is -0.473 e. The molecule has 2 aromatic rings. The minimum atomic E-state index is -0.276. The van der Waals surface area contributed by atoms with E-state index in [1.165, 1.54) is 5.56 Å². The van der Waals surface area contributed by atoms with Crippen molar-refractivity contribution in [2.45, 2.75) is 39.2 Å². The van der Waals surface area contributed by atoms with E-state index < -0.39 is 0 Å². The van der Waals surface area contributed by atoms with Gasteiger partial charge in [-0.1, -0.05) is 6.07 Å². The molecule has 0 aliphatic carbocycles. The predicted octanol–water partition coefficient (Wildman–Crippen LogP) is 2.52. The second-order valence-corrected chi connectivity index (χ2v) is 7.88. The average Bonchev–Trinajstić information content (AvgIpc) is 3.12. The van der Waals surface area contributed by atoms with Crippen LogP contribution in [0.25, 0.3) is 0 Å². The number of aromatic nitrogens is 2. The van der Waals surface area contributed by atoms with E-state index in [9.17, 15) is 9.59 Å². The van der Waals surface area contributed by atoms with Gasteiger partial charge in [-0.15, -0.1) is 5.10 Å². The van der Waals surface area contributed by atoms with Gasteiger partial charge in [0.1, 0.15) is 6.10 Å². The lowest BCUT2D eigenvalue weighted by atomic mass is 10.0. The van der Waals surface area contributed by atoms with Crippen LogP contribution in [0.4, 0.5) is 5.69 Å². The van der Waals surface area contributed by atoms with E-state index in [1.54, 1.807) is 23.2 Å². The first-order valence-electron chi connectivity index (χ1n) is 10.1. The number of benzene rings is 1.